The van der Waals surface area contributed by atoms with Crippen molar-refractivity contribution in [2.45, 2.75) is 30.8 Å². The molecule has 0 saturated carbocycles. The van der Waals surface area contributed by atoms with Crippen LogP contribution in [0, 0.1) is 0 Å². The maximum atomic E-state index is 12.7. The molecule has 0 atom stereocenters. The van der Waals surface area contributed by atoms with E-state index in [-0.39, 0.29) is 16.2 Å². The van der Waals surface area contributed by atoms with Gasteiger partial charge in [-0.3, -0.25) is 4.79 Å². The highest BCUT2D eigenvalue weighted by molar-refractivity contribution is 7.89. The van der Waals surface area contributed by atoms with Crippen LogP contribution in [-0.2, 0) is 19.6 Å². The summed E-state index contributed by atoms with van der Waals surface area (Å²) in [5.74, 6) is -2.05. The molecule has 11 heteroatoms. The lowest BCUT2D eigenvalue weighted by atomic mass is 10.2. The molecule has 0 aliphatic carbocycles. The molecular weight excluding hydrogens is 446 g/mol. The third-order valence-corrected chi connectivity index (χ3v) is 6.66. The number of ether oxygens (including phenoxy) is 2. The molecule has 1 fully saturated rings. The van der Waals surface area contributed by atoms with Gasteiger partial charge < -0.3 is 14.8 Å². The third kappa shape index (κ3) is 6.01. The highest BCUT2D eigenvalue weighted by Gasteiger charge is 2.25. The second-order valence-corrected chi connectivity index (χ2v) is 8.93. The van der Waals surface area contributed by atoms with Crippen molar-refractivity contribution in [1.82, 2.24) is 4.31 Å². The van der Waals surface area contributed by atoms with Gasteiger partial charge in [-0.15, -0.1) is 0 Å². The van der Waals surface area contributed by atoms with Crippen molar-refractivity contribution in [3.63, 3.8) is 0 Å². The molecule has 1 aliphatic heterocycles. The number of esters is 1. The number of nitrogens with one attached hydrogen (secondary N) is 1. The quantitative estimate of drug-likeness (QED) is 0.597. The van der Waals surface area contributed by atoms with Crippen LogP contribution < -0.4 is 10.1 Å². The number of amides is 1. The molecule has 8 nitrogen and oxygen atoms in total. The number of hydrogen-bond donors (Lipinski definition) is 1. The molecule has 0 unspecified atom stereocenters. The number of rotatable bonds is 8. The van der Waals surface area contributed by atoms with E-state index in [0.29, 0.717) is 18.8 Å². The van der Waals surface area contributed by atoms with E-state index in [2.05, 4.69) is 10.1 Å². The van der Waals surface area contributed by atoms with Gasteiger partial charge in [0.1, 0.15) is 11.3 Å². The van der Waals surface area contributed by atoms with E-state index in [1.807, 2.05) is 0 Å². The maximum absolute atomic E-state index is 12.7. The summed E-state index contributed by atoms with van der Waals surface area (Å²) < 4.78 is 60.8. The Morgan fingerprint density at radius 2 is 1.66 bits per heavy atom. The molecule has 2 aromatic carbocycles. The molecule has 0 radical (unpaired) electrons. The Bertz CT molecular complexity index is 1050. The monoisotopic (exact) mass is 468 g/mol. The standard InChI is InChI=1S/C21H22F2N2O6S/c22-21(23)31-18-7-3-2-6-17(18)20(27)30-14-19(26)24-15-8-10-16(11-9-15)32(28,29)25-12-4-1-5-13-25/h2-3,6-11,21H,1,4-5,12-14H2,(H,24,26). The van der Waals surface area contributed by atoms with E-state index in [1.165, 1.54) is 52.8 Å². The number of para-hydroxylation sites is 1. The number of nitrogens with zero attached hydrogens (tertiary/aromatic N) is 1. The predicted molar refractivity (Wildman–Crippen MR) is 111 cm³/mol. The molecule has 1 heterocycles. The third-order valence-electron chi connectivity index (χ3n) is 4.75. The highest BCUT2D eigenvalue weighted by Crippen LogP contribution is 2.23. The van der Waals surface area contributed by atoms with Gasteiger partial charge in [0.05, 0.1) is 4.90 Å². The number of anilines is 1. The summed E-state index contributed by atoms with van der Waals surface area (Å²) in [5, 5.41) is 2.48. The molecule has 0 spiro atoms. The van der Waals surface area contributed by atoms with E-state index in [4.69, 9.17) is 4.74 Å². The van der Waals surface area contributed by atoms with Gasteiger partial charge in [-0.05, 0) is 49.2 Å². The van der Waals surface area contributed by atoms with Crippen LogP contribution >= 0.6 is 0 Å². The van der Waals surface area contributed by atoms with Crippen molar-refractivity contribution in [1.29, 1.82) is 0 Å². The summed E-state index contributed by atoms with van der Waals surface area (Å²) in [6.07, 6.45) is 2.65. The van der Waals surface area contributed by atoms with Crippen LogP contribution in [0.4, 0.5) is 14.5 Å². The molecule has 3 rings (SSSR count). The SMILES string of the molecule is O=C(COC(=O)c1ccccc1OC(F)F)Nc1ccc(S(=O)(=O)N2CCCCC2)cc1. The van der Waals surface area contributed by atoms with Crippen LogP contribution in [0.5, 0.6) is 5.75 Å². The lowest BCUT2D eigenvalue weighted by Crippen LogP contribution is -2.35. The molecule has 0 aromatic heterocycles. The van der Waals surface area contributed by atoms with Gasteiger partial charge >= 0.3 is 12.6 Å². The van der Waals surface area contributed by atoms with Crippen molar-refractivity contribution >= 4 is 27.6 Å². The Kier molecular flexibility index (Phi) is 7.75. The Morgan fingerprint density at radius 3 is 2.31 bits per heavy atom. The number of benzene rings is 2. The van der Waals surface area contributed by atoms with Crippen molar-refractivity contribution in [2.75, 3.05) is 25.0 Å². The summed E-state index contributed by atoms with van der Waals surface area (Å²) in [6, 6.07) is 10.9. The zero-order valence-electron chi connectivity index (χ0n) is 17.0. The number of carbonyl (C=O) groups excluding carboxylic acids is 2. The zero-order valence-corrected chi connectivity index (χ0v) is 17.8. The first-order chi connectivity index (χ1) is 15.3. The van der Waals surface area contributed by atoms with Crippen LogP contribution in [0.2, 0.25) is 0 Å². The summed E-state index contributed by atoms with van der Waals surface area (Å²) in [6.45, 7) is -2.82. The van der Waals surface area contributed by atoms with E-state index in [1.54, 1.807) is 0 Å². The average molecular weight is 468 g/mol. The number of sulfonamides is 1. The van der Waals surface area contributed by atoms with Gasteiger partial charge in [0.2, 0.25) is 10.0 Å². The van der Waals surface area contributed by atoms with Gasteiger partial charge in [0.15, 0.2) is 6.61 Å². The molecule has 1 N–H and O–H groups in total. The van der Waals surface area contributed by atoms with E-state index in [9.17, 15) is 26.8 Å². The molecule has 2 aromatic rings. The molecule has 1 saturated heterocycles. The molecule has 172 valence electrons. The van der Waals surface area contributed by atoms with Crippen LogP contribution in [-0.4, -0.2) is 50.9 Å². The fraction of sp³-hybridized carbons (Fsp3) is 0.333. The van der Waals surface area contributed by atoms with Crippen molar-refractivity contribution in [2.24, 2.45) is 0 Å². The fourth-order valence-corrected chi connectivity index (χ4v) is 4.72. The van der Waals surface area contributed by atoms with Gasteiger partial charge in [0, 0.05) is 18.8 Å². The molecule has 0 bridgehead atoms. The number of alkyl halides is 2. The Hall–Kier alpha value is -3.05. The van der Waals surface area contributed by atoms with Crippen LogP contribution in [0.1, 0.15) is 29.6 Å². The Morgan fingerprint density at radius 1 is 1.00 bits per heavy atom. The lowest BCUT2D eigenvalue weighted by Gasteiger charge is -2.25. The first kappa shape index (κ1) is 23.6. The summed E-state index contributed by atoms with van der Waals surface area (Å²) in [7, 11) is -3.59. The van der Waals surface area contributed by atoms with Crippen LogP contribution in [0.15, 0.2) is 53.4 Å². The van der Waals surface area contributed by atoms with E-state index < -0.39 is 35.1 Å². The highest BCUT2D eigenvalue weighted by atomic mass is 32.2. The predicted octanol–water partition coefficient (Wildman–Crippen LogP) is 3.26. The number of piperidine rings is 1. The van der Waals surface area contributed by atoms with E-state index >= 15 is 0 Å². The second-order valence-electron chi connectivity index (χ2n) is 6.99. The van der Waals surface area contributed by atoms with Crippen molar-refractivity contribution in [3.05, 3.63) is 54.1 Å². The Balaban J connectivity index is 1.56. The minimum absolute atomic E-state index is 0.125. The molecular formula is C21H22F2N2O6S. The number of halogens is 2. The Labute approximate surface area is 184 Å². The maximum Gasteiger partial charge on any atom is 0.387 e. The van der Waals surface area contributed by atoms with Gasteiger partial charge in [-0.2, -0.15) is 13.1 Å². The van der Waals surface area contributed by atoms with Gasteiger partial charge in [-0.1, -0.05) is 18.6 Å². The normalized spacial score (nSPS) is 14.7. The molecule has 1 aliphatic rings. The minimum Gasteiger partial charge on any atom is -0.452 e. The number of hydrogen-bond acceptors (Lipinski definition) is 6. The smallest absolute Gasteiger partial charge is 0.387 e. The zero-order chi connectivity index (χ0) is 23.1. The number of carbonyl (C=O) groups is 2. The van der Waals surface area contributed by atoms with E-state index in [0.717, 1.165) is 19.3 Å². The second kappa shape index (κ2) is 10.5. The lowest BCUT2D eigenvalue weighted by molar-refractivity contribution is -0.119. The van der Waals surface area contributed by atoms with Gasteiger partial charge in [0.25, 0.3) is 5.91 Å². The summed E-state index contributed by atoms with van der Waals surface area (Å²) in [4.78, 5) is 24.3. The minimum atomic E-state index is -3.59. The molecule has 1 amide bonds. The fourth-order valence-electron chi connectivity index (χ4n) is 3.20. The van der Waals surface area contributed by atoms with Crippen LogP contribution in [0.25, 0.3) is 0 Å². The molecule has 32 heavy (non-hydrogen) atoms. The topological polar surface area (TPSA) is 102 Å². The summed E-state index contributed by atoms with van der Waals surface area (Å²) in [5.41, 5.74) is 0.0675. The summed E-state index contributed by atoms with van der Waals surface area (Å²) >= 11 is 0. The van der Waals surface area contributed by atoms with Crippen molar-refractivity contribution in [3.8, 4) is 5.75 Å². The first-order valence-corrected chi connectivity index (χ1v) is 11.3. The first-order valence-electron chi connectivity index (χ1n) is 9.88. The van der Waals surface area contributed by atoms with Crippen LogP contribution in [0.3, 0.4) is 0 Å². The largest absolute Gasteiger partial charge is 0.452 e. The van der Waals surface area contributed by atoms with Gasteiger partial charge in [-0.25, -0.2) is 13.2 Å². The van der Waals surface area contributed by atoms with Crippen molar-refractivity contribution < 1.29 is 36.3 Å². The average Bonchev–Trinajstić information content (AvgIpc) is 2.78.